The monoisotopic (exact) mass is 496 g/mol. The molecule has 0 spiro atoms. The molecule has 11 nitrogen and oxygen atoms in total. The Morgan fingerprint density at radius 1 is 1.09 bits per heavy atom. The number of hydrogen-bond donors (Lipinski definition) is 7. The van der Waals surface area contributed by atoms with Crippen molar-refractivity contribution in [3.05, 3.63) is 24.3 Å². The molecule has 12 heteroatoms. The van der Waals surface area contributed by atoms with Crippen molar-refractivity contribution >= 4 is 35.0 Å². The molecule has 1 unspecified atom stereocenters. The summed E-state index contributed by atoms with van der Waals surface area (Å²) in [7, 11) is 0. The number of carboxylic acid groups (broad SMARTS) is 2. The molecule has 1 aromatic carbocycles. The maximum Gasteiger partial charge on any atom is 0.317 e. The van der Waals surface area contributed by atoms with E-state index in [1.165, 1.54) is 12.1 Å². The number of thiocarbonyl (C=S) groups is 1. The van der Waals surface area contributed by atoms with Crippen molar-refractivity contribution in [3.63, 3.8) is 0 Å². The number of carboxylic acids is 2. The smallest absolute Gasteiger partial charge is 0.317 e. The largest absolute Gasteiger partial charge is 0.481 e. The number of aliphatic hydroxyl groups excluding tert-OH is 3. The molecule has 0 saturated carbocycles. The fraction of sp³-hybridized carbons (Fsp3) is 0.500. The van der Waals surface area contributed by atoms with E-state index < -0.39 is 55.0 Å². The van der Waals surface area contributed by atoms with Crippen LogP contribution in [0.5, 0.6) is 5.75 Å². The van der Waals surface area contributed by atoms with Crippen molar-refractivity contribution in [3.8, 4) is 18.1 Å². The van der Waals surface area contributed by atoms with Gasteiger partial charge in [-0.15, -0.1) is 12.3 Å². The molecule has 5 atom stereocenters. The van der Waals surface area contributed by atoms with Gasteiger partial charge in [0, 0.05) is 25.1 Å². The van der Waals surface area contributed by atoms with Gasteiger partial charge in [0.2, 0.25) is 6.29 Å². The Morgan fingerprint density at radius 3 is 2.32 bits per heavy atom. The van der Waals surface area contributed by atoms with Gasteiger partial charge in [-0.3, -0.25) is 9.59 Å². The lowest BCUT2D eigenvalue weighted by atomic mass is 9.91. The Hall–Kier alpha value is -2.95. The molecule has 1 aromatic rings. The average Bonchev–Trinajstić information content (AvgIpc) is 2.79. The van der Waals surface area contributed by atoms with Crippen LogP contribution in [0.2, 0.25) is 0 Å². The van der Waals surface area contributed by atoms with Gasteiger partial charge in [-0.25, -0.2) is 0 Å². The van der Waals surface area contributed by atoms with E-state index in [0.29, 0.717) is 23.8 Å². The zero-order chi connectivity index (χ0) is 25.3. The first kappa shape index (κ1) is 27.3. The molecule has 1 aliphatic heterocycles. The molecule has 0 radical (unpaired) electrons. The summed E-state index contributed by atoms with van der Waals surface area (Å²) in [5.74, 6) is -2.31. The number of unbranched alkanes of at least 4 members (excludes halogenated alkanes) is 2. The summed E-state index contributed by atoms with van der Waals surface area (Å²) >= 11 is 5.22. The minimum Gasteiger partial charge on any atom is -0.481 e. The van der Waals surface area contributed by atoms with Gasteiger partial charge in [-0.1, -0.05) is 0 Å². The van der Waals surface area contributed by atoms with Crippen LogP contribution in [0.4, 0.5) is 5.69 Å². The third kappa shape index (κ3) is 7.82. The van der Waals surface area contributed by atoms with Crippen LogP contribution in [0, 0.1) is 18.3 Å². The molecule has 0 aliphatic carbocycles. The molecule has 34 heavy (non-hydrogen) atoms. The number of anilines is 1. The van der Waals surface area contributed by atoms with Gasteiger partial charge in [-0.05, 0) is 49.3 Å². The highest BCUT2D eigenvalue weighted by Crippen LogP contribution is 2.28. The Bertz CT molecular complexity index is 875. The van der Waals surface area contributed by atoms with Gasteiger partial charge in [0.05, 0.1) is 6.10 Å². The second-order valence-electron chi connectivity index (χ2n) is 7.66. The highest BCUT2D eigenvalue weighted by atomic mass is 32.1. The number of carbonyl (C=O) groups is 2. The molecule has 1 saturated heterocycles. The number of aliphatic hydroxyl groups is 3. The van der Waals surface area contributed by atoms with Crippen molar-refractivity contribution in [2.45, 2.75) is 56.4 Å². The first-order valence-corrected chi connectivity index (χ1v) is 10.9. The SMILES string of the molecule is C#CCCCCNC(=S)Nc1ccc(OC2O[C@H](CC(C(=O)O)C(=O)O)[C@@H](O)[C@H](O)[C@@H]2O)cc1. The maximum absolute atomic E-state index is 11.2. The molecule has 0 bridgehead atoms. The lowest BCUT2D eigenvalue weighted by Crippen LogP contribution is -2.59. The topological polar surface area (TPSA) is 178 Å². The predicted octanol–water partition coefficient (Wildman–Crippen LogP) is 0.138. The van der Waals surface area contributed by atoms with Crippen LogP contribution in [0.15, 0.2) is 24.3 Å². The van der Waals surface area contributed by atoms with Gasteiger partial charge >= 0.3 is 11.9 Å². The highest BCUT2D eigenvalue weighted by molar-refractivity contribution is 7.80. The number of aliphatic carboxylic acids is 2. The molecular weight excluding hydrogens is 468 g/mol. The first-order valence-electron chi connectivity index (χ1n) is 10.5. The number of benzene rings is 1. The molecule has 1 heterocycles. The fourth-order valence-corrected chi connectivity index (χ4v) is 3.45. The molecule has 1 aliphatic rings. The molecule has 1 fully saturated rings. The van der Waals surface area contributed by atoms with E-state index in [9.17, 15) is 24.9 Å². The van der Waals surface area contributed by atoms with E-state index in [1.807, 2.05) is 0 Å². The fourth-order valence-electron chi connectivity index (χ4n) is 3.23. The number of rotatable bonds is 11. The van der Waals surface area contributed by atoms with E-state index in [4.69, 9.17) is 38.3 Å². The average molecular weight is 497 g/mol. The lowest BCUT2D eigenvalue weighted by Gasteiger charge is -2.40. The maximum atomic E-state index is 11.2. The molecule has 186 valence electrons. The van der Waals surface area contributed by atoms with E-state index in [2.05, 4.69) is 16.6 Å². The number of hydrogen-bond acceptors (Lipinski definition) is 8. The van der Waals surface area contributed by atoms with Gasteiger partial charge in [0.25, 0.3) is 0 Å². The number of nitrogens with one attached hydrogen (secondary N) is 2. The third-order valence-corrected chi connectivity index (χ3v) is 5.38. The standard InChI is InChI=1S/C22H28N2O9S/c1-2-3-4-5-10-23-22(34)24-12-6-8-13(9-7-12)32-21-18(27)17(26)16(25)15(33-21)11-14(19(28)29)20(30)31/h1,6-9,14-18,21,25-27H,3-5,10-11H2,(H,28,29)(H,30,31)(H2,23,24,34)/t15-,16-,17+,18+,21?/m1/s1. The lowest BCUT2D eigenvalue weighted by molar-refractivity contribution is -0.275. The minimum absolute atomic E-state index is 0.234. The Balaban J connectivity index is 1.95. The van der Waals surface area contributed by atoms with Crippen LogP contribution in [0.25, 0.3) is 0 Å². The minimum atomic E-state index is -1.87. The number of terminal acetylenes is 1. The van der Waals surface area contributed by atoms with Crippen molar-refractivity contribution in [2.75, 3.05) is 11.9 Å². The third-order valence-electron chi connectivity index (χ3n) is 5.13. The molecule has 0 amide bonds. The second-order valence-corrected chi connectivity index (χ2v) is 8.07. The van der Waals surface area contributed by atoms with Crippen LogP contribution >= 0.6 is 12.2 Å². The zero-order valence-corrected chi connectivity index (χ0v) is 19.0. The molecule has 7 N–H and O–H groups in total. The van der Waals surface area contributed by atoms with Crippen molar-refractivity contribution < 1.29 is 44.6 Å². The quantitative estimate of drug-likeness (QED) is 0.0955. The van der Waals surface area contributed by atoms with Crippen LogP contribution in [-0.2, 0) is 14.3 Å². The van der Waals surface area contributed by atoms with Gasteiger partial charge in [-0.2, -0.15) is 0 Å². The molecule has 2 rings (SSSR count). The van der Waals surface area contributed by atoms with E-state index in [-0.39, 0.29) is 5.75 Å². The van der Waals surface area contributed by atoms with E-state index >= 15 is 0 Å². The summed E-state index contributed by atoms with van der Waals surface area (Å²) in [6.45, 7) is 0.672. The van der Waals surface area contributed by atoms with Crippen molar-refractivity contribution in [1.82, 2.24) is 5.32 Å². The summed E-state index contributed by atoms with van der Waals surface area (Å²) in [6.07, 6.45) is -0.928. The predicted molar refractivity (Wildman–Crippen MR) is 124 cm³/mol. The van der Waals surface area contributed by atoms with Crippen LogP contribution in [0.3, 0.4) is 0 Å². The van der Waals surface area contributed by atoms with Crippen LogP contribution < -0.4 is 15.4 Å². The van der Waals surface area contributed by atoms with Crippen LogP contribution in [0.1, 0.15) is 25.7 Å². The Morgan fingerprint density at radius 2 is 1.74 bits per heavy atom. The van der Waals surface area contributed by atoms with Crippen molar-refractivity contribution in [2.24, 2.45) is 5.92 Å². The summed E-state index contributed by atoms with van der Waals surface area (Å²) in [5.41, 5.74) is 0.651. The summed E-state index contributed by atoms with van der Waals surface area (Å²) < 4.78 is 11.0. The summed E-state index contributed by atoms with van der Waals surface area (Å²) in [6, 6.07) is 6.37. The number of ether oxygens (including phenoxy) is 2. The first-order chi connectivity index (χ1) is 16.1. The Labute approximate surface area is 201 Å². The summed E-state index contributed by atoms with van der Waals surface area (Å²) in [4.78, 5) is 22.3. The van der Waals surface area contributed by atoms with Gasteiger partial charge in [0.1, 0.15) is 24.1 Å². The molecular formula is C22H28N2O9S. The zero-order valence-electron chi connectivity index (χ0n) is 18.2. The molecule has 0 aromatic heterocycles. The van der Waals surface area contributed by atoms with Gasteiger partial charge in [0.15, 0.2) is 11.0 Å². The van der Waals surface area contributed by atoms with Crippen LogP contribution in [-0.4, -0.2) is 79.8 Å². The van der Waals surface area contributed by atoms with Crippen molar-refractivity contribution in [1.29, 1.82) is 0 Å². The van der Waals surface area contributed by atoms with E-state index in [1.54, 1.807) is 12.1 Å². The summed E-state index contributed by atoms with van der Waals surface area (Å²) in [5, 5.41) is 55.0. The highest BCUT2D eigenvalue weighted by Gasteiger charge is 2.47. The van der Waals surface area contributed by atoms with Gasteiger partial charge < -0.3 is 45.6 Å². The Kier molecular flexibility index (Phi) is 10.5. The normalized spacial score (nSPS) is 24.1. The van der Waals surface area contributed by atoms with E-state index in [0.717, 1.165) is 12.8 Å². The second kappa shape index (κ2) is 13.1.